The molecule has 0 radical (unpaired) electrons. The molecular weight excluding hydrogens is 232 g/mol. The second-order valence-electron chi connectivity index (χ2n) is 4.06. The predicted octanol–water partition coefficient (Wildman–Crippen LogP) is 0.837. The topological polar surface area (TPSA) is 72.6 Å². The Labute approximate surface area is 107 Å². The van der Waals surface area contributed by atoms with Crippen molar-refractivity contribution in [1.29, 1.82) is 0 Å². The van der Waals surface area contributed by atoms with E-state index in [1.165, 1.54) is 4.90 Å². The summed E-state index contributed by atoms with van der Waals surface area (Å²) in [6.45, 7) is 4.81. The summed E-state index contributed by atoms with van der Waals surface area (Å²) in [6, 6.07) is 5.65. The SMILES string of the molecule is CCOc1ccc(CN(C)C(=O)C(N)=O)cc1C. The van der Waals surface area contributed by atoms with Crippen LogP contribution < -0.4 is 10.5 Å². The van der Waals surface area contributed by atoms with E-state index in [1.807, 2.05) is 32.0 Å². The molecule has 2 amide bonds. The van der Waals surface area contributed by atoms with Gasteiger partial charge in [0.1, 0.15) is 5.75 Å². The van der Waals surface area contributed by atoms with Gasteiger partial charge in [-0.3, -0.25) is 9.59 Å². The lowest BCUT2D eigenvalue weighted by atomic mass is 10.1. The molecule has 0 saturated carbocycles. The van der Waals surface area contributed by atoms with E-state index in [2.05, 4.69) is 0 Å². The minimum atomic E-state index is -0.944. The van der Waals surface area contributed by atoms with Gasteiger partial charge in [0, 0.05) is 13.6 Å². The largest absolute Gasteiger partial charge is 0.494 e. The van der Waals surface area contributed by atoms with Gasteiger partial charge < -0.3 is 15.4 Å². The van der Waals surface area contributed by atoms with Crippen LogP contribution in [-0.2, 0) is 16.1 Å². The van der Waals surface area contributed by atoms with Crippen LogP contribution in [0.1, 0.15) is 18.1 Å². The Morgan fingerprint density at radius 1 is 1.39 bits per heavy atom. The highest BCUT2D eigenvalue weighted by Gasteiger charge is 2.15. The van der Waals surface area contributed by atoms with Crippen molar-refractivity contribution in [3.63, 3.8) is 0 Å². The van der Waals surface area contributed by atoms with Gasteiger partial charge >= 0.3 is 11.8 Å². The van der Waals surface area contributed by atoms with Crippen LogP contribution in [0.4, 0.5) is 0 Å². The van der Waals surface area contributed by atoms with Crippen LogP contribution >= 0.6 is 0 Å². The number of primary amides is 1. The minimum absolute atomic E-state index is 0.342. The number of carbonyl (C=O) groups is 2. The van der Waals surface area contributed by atoms with E-state index in [-0.39, 0.29) is 0 Å². The quantitative estimate of drug-likeness (QED) is 0.805. The van der Waals surface area contributed by atoms with E-state index in [4.69, 9.17) is 10.5 Å². The molecule has 0 unspecified atom stereocenters. The third kappa shape index (κ3) is 3.48. The van der Waals surface area contributed by atoms with E-state index < -0.39 is 11.8 Å². The summed E-state index contributed by atoms with van der Waals surface area (Å²) in [5.74, 6) is -0.813. The van der Waals surface area contributed by atoms with Gasteiger partial charge in [0.25, 0.3) is 0 Å². The molecule has 0 aliphatic heterocycles. The molecule has 0 spiro atoms. The fraction of sp³-hybridized carbons (Fsp3) is 0.385. The zero-order chi connectivity index (χ0) is 13.7. The number of carbonyl (C=O) groups excluding carboxylic acids is 2. The molecule has 0 aromatic heterocycles. The summed E-state index contributed by atoms with van der Waals surface area (Å²) in [6.07, 6.45) is 0. The molecule has 0 aliphatic rings. The number of amides is 2. The average Bonchev–Trinajstić information content (AvgIpc) is 2.31. The lowest BCUT2D eigenvalue weighted by Crippen LogP contribution is -2.37. The number of benzene rings is 1. The molecule has 0 aliphatic carbocycles. The van der Waals surface area contributed by atoms with E-state index >= 15 is 0 Å². The maximum atomic E-state index is 11.3. The monoisotopic (exact) mass is 250 g/mol. The molecule has 2 N–H and O–H groups in total. The molecule has 0 saturated heterocycles. The molecule has 1 rings (SSSR count). The third-order valence-electron chi connectivity index (χ3n) is 2.52. The highest BCUT2D eigenvalue weighted by molar-refractivity contribution is 6.34. The van der Waals surface area contributed by atoms with Gasteiger partial charge in [0.15, 0.2) is 0 Å². The maximum Gasteiger partial charge on any atom is 0.311 e. The van der Waals surface area contributed by atoms with Crippen molar-refractivity contribution in [2.24, 2.45) is 5.73 Å². The van der Waals surface area contributed by atoms with Crippen LogP contribution in [0.2, 0.25) is 0 Å². The molecule has 98 valence electrons. The Kier molecular flexibility index (Phi) is 4.71. The van der Waals surface area contributed by atoms with Crippen molar-refractivity contribution in [1.82, 2.24) is 4.90 Å². The van der Waals surface area contributed by atoms with Crippen LogP contribution in [0, 0.1) is 6.92 Å². The van der Waals surface area contributed by atoms with E-state index in [0.29, 0.717) is 13.2 Å². The smallest absolute Gasteiger partial charge is 0.311 e. The molecule has 5 nitrogen and oxygen atoms in total. The molecule has 1 aromatic carbocycles. The van der Waals surface area contributed by atoms with Gasteiger partial charge in [-0.05, 0) is 31.0 Å². The predicted molar refractivity (Wildman–Crippen MR) is 68.0 cm³/mol. The van der Waals surface area contributed by atoms with Gasteiger partial charge in [-0.2, -0.15) is 0 Å². The van der Waals surface area contributed by atoms with Crippen molar-refractivity contribution < 1.29 is 14.3 Å². The zero-order valence-electron chi connectivity index (χ0n) is 10.9. The first-order chi connectivity index (χ1) is 8.45. The fourth-order valence-corrected chi connectivity index (χ4v) is 1.66. The first-order valence-corrected chi connectivity index (χ1v) is 5.73. The van der Waals surface area contributed by atoms with Crippen molar-refractivity contribution >= 4 is 11.8 Å². The number of hydrogen-bond acceptors (Lipinski definition) is 3. The van der Waals surface area contributed by atoms with Crippen LogP contribution in [0.25, 0.3) is 0 Å². The Balaban J connectivity index is 2.77. The summed E-state index contributed by atoms with van der Waals surface area (Å²) in [7, 11) is 1.54. The molecule has 1 aromatic rings. The van der Waals surface area contributed by atoms with Gasteiger partial charge in [0.05, 0.1) is 6.61 Å². The Morgan fingerprint density at radius 3 is 2.56 bits per heavy atom. The number of likely N-dealkylation sites (N-methyl/N-ethyl adjacent to an activating group) is 1. The van der Waals surface area contributed by atoms with Gasteiger partial charge in [-0.1, -0.05) is 12.1 Å². The summed E-state index contributed by atoms with van der Waals surface area (Å²) in [5, 5.41) is 0. The van der Waals surface area contributed by atoms with Crippen LogP contribution in [-0.4, -0.2) is 30.4 Å². The third-order valence-corrected chi connectivity index (χ3v) is 2.52. The highest BCUT2D eigenvalue weighted by Crippen LogP contribution is 2.19. The number of aryl methyl sites for hydroxylation is 1. The van der Waals surface area contributed by atoms with Crippen molar-refractivity contribution in [2.45, 2.75) is 20.4 Å². The first kappa shape index (κ1) is 14.0. The van der Waals surface area contributed by atoms with Crippen LogP contribution in [0.15, 0.2) is 18.2 Å². The summed E-state index contributed by atoms with van der Waals surface area (Å²) in [4.78, 5) is 23.4. The van der Waals surface area contributed by atoms with Crippen molar-refractivity contribution in [2.75, 3.05) is 13.7 Å². The number of nitrogens with zero attached hydrogens (tertiary/aromatic N) is 1. The van der Waals surface area contributed by atoms with Crippen molar-refractivity contribution in [3.8, 4) is 5.75 Å². The molecular formula is C13H18N2O3. The normalized spacial score (nSPS) is 9.94. The zero-order valence-corrected chi connectivity index (χ0v) is 10.9. The van der Waals surface area contributed by atoms with E-state index in [1.54, 1.807) is 7.05 Å². The molecule has 0 fully saturated rings. The summed E-state index contributed by atoms with van der Waals surface area (Å²) >= 11 is 0. The second-order valence-corrected chi connectivity index (χ2v) is 4.06. The number of hydrogen-bond donors (Lipinski definition) is 1. The standard InChI is InChI=1S/C13H18N2O3/c1-4-18-11-6-5-10(7-9(11)2)8-15(3)13(17)12(14)16/h5-7H,4,8H2,1-3H3,(H2,14,16). The number of nitrogens with two attached hydrogens (primary N) is 1. The molecule has 5 heteroatoms. The maximum absolute atomic E-state index is 11.3. The van der Waals surface area contributed by atoms with Crippen LogP contribution in [0.3, 0.4) is 0 Å². The molecule has 18 heavy (non-hydrogen) atoms. The van der Waals surface area contributed by atoms with E-state index in [0.717, 1.165) is 16.9 Å². The number of rotatable bonds is 4. The molecule has 0 bridgehead atoms. The Bertz CT molecular complexity index is 458. The van der Waals surface area contributed by atoms with Crippen LogP contribution in [0.5, 0.6) is 5.75 Å². The van der Waals surface area contributed by atoms with Gasteiger partial charge in [-0.25, -0.2) is 0 Å². The average molecular weight is 250 g/mol. The summed E-state index contributed by atoms with van der Waals surface area (Å²) < 4.78 is 5.43. The molecule has 0 heterocycles. The van der Waals surface area contributed by atoms with Crippen molar-refractivity contribution in [3.05, 3.63) is 29.3 Å². The van der Waals surface area contributed by atoms with Gasteiger partial charge in [-0.15, -0.1) is 0 Å². The lowest BCUT2D eigenvalue weighted by molar-refractivity contribution is -0.143. The van der Waals surface area contributed by atoms with E-state index in [9.17, 15) is 9.59 Å². The lowest BCUT2D eigenvalue weighted by Gasteiger charge is -2.16. The summed E-state index contributed by atoms with van der Waals surface area (Å²) in [5.41, 5.74) is 6.85. The van der Waals surface area contributed by atoms with Gasteiger partial charge in [0.2, 0.25) is 0 Å². The number of ether oxygens (including phenoxy) is 1. The Morgan fingerprint density at radius 2 is 2.06 bits per heavy atom. The minimum Gasteiger partial charge on any atom is -0.494 e. The fourth-order valence-electron chi connectivity index (χ4n) is 1.66. The first-order valence-electron chi connectivity index (χ1n) is 5.73. The Hall–Kier alpha value is -2.04. The second kappa shape index (κ2) is 6.05. The highest BCUT2D eigenvalue weighted by atomic mass is 16.5. The molecule has 0 atom stereocenters.